The number of hydrogen-bond acceptors (Lipinski definition) is 5. The van der Waals surface area contributed by atoms with E-state index in [2.05, 4.69) is 16.7 Å². The van der Waals surface area contributed by atoms with Gasteiger partial charge in [0.2, 0.25) is 23.6 Å². The molecule has 5 rings (SSSR count). The maximum Gasteiger partial charge on any atom is 0.246 e. The number of nitrogens with zero attached hydrogens (tertiary/aromatic N) is 2. The van der Waals surface area contributed by atoms with E-state index in [9.17, 15) is 19.2 Å². The van der Waals surface area contributed by atoms with Gasteiger partial charge in [0.1, 0.15) is 12.1 Å². The Morgan fingerprint density at radius 1 is 0.909 bits per heavy atom. The molecule has 4 N–H and O–H groups in total. The number of aryl methyl sites for hydroxylation is 1. The smallest absolute Gasteiger partial charge is 0.246 e. The van der Waals surface area contributed by atoms with Gasteiger partial charge in [0, 0.05) is 49.6 Å². The van der Waals surface area contributed by atoms with Crippen LogP contribution in [0, 0.1) is 6.92 Å². The Labute approximate surface area is 262 Å². The lowest BCUT2D eigenvalue weighted by Crippen LogP contribution is -2.56. The first kappa shape index (κ1) is 31.2. The number of carbonyl (C=O) groups is 4. The highest BCUT2D eigenvalue weighted by Crippen LogP contribution is 2.26. The molecule has 0 spiro atoms. The van der Waals surface area contributed by atoms with Gasteiger partial charge in [-0.3, -0.25) is 19.2 Å². The second-order valence-corrected chi connectivity index (χ2v) is 11.8. The molecule has 0 unspecified atom stereocenters. The van der Waals surface area contributed by atoms with Crippen LogP contribution in [0.4, 0.5) is 5.69 Å². The van der Waals surface area contributed by atoms with Gasteiger partial charge in [-0.15, -0.1) is 0 Å². The second-order valence-electron chi connectivity index (χ2n) is 11.4. The number of benzene rings is 3. The quantitative estimate of drug-likeness (QED) is 0.338. The Morgan fingerprint density at radius 2 is 1.57 bits per heavy atom. The third-order valence-corrected chi connectivity index (χ3v) is 8.85. The highest BCUT2D eigenvalue weighted by atomic mass is 35.5. The molecule has 4 amide bonds. The number of nitrogens with two attached hydrogens (primary N) is 1. The molecule has 10 heteroatoms. The molecule has 0 radical (unpaired) electrons. The number of nitrogens with one attached hydrogen (secondary N) is 2. The maximum absolute atomic E-state index is 13.7. The molecule has 0 saturated carbocycles. The van der Waals surface area contributed by atoms with Crippen LogP contribution in [0.15, 0.2) is 66.7 Å². The van der Waals surface area contributed by atoms with Gasteiger partial charge >= 0.3 is 0 Å². The first-order valence-electron chi connectivity index (χ1n) is 15.0. The third-order valence-electron chi connectivity index (χ3n) is 8.42. The normalized spacial score (nSPS) is 16.4. The highest BCUT2D eigenvalue weighted by molar-refractivity contribution is 6.31. The Hall–Kier alpha value is -4.21. The van der Waals surface area contributed by atoms with E-state index in [1.807, 2.05) is 49.4 Å². The first-order chi connectivity index (χ1) is 21.2. The molecule has 0 aromatic heterocycles. The Kier molecular flexibility index (Phi) is 9.97. The number of rotatable bonds is 9. The Balaban J connectivity index is 1.26. The lowest BCUT2D eigenvalue weighted by molar-refractivity contribution is -0.144. The van der Waals surface area contributed by atoms with E-state index in [0.29, 0.717) is 30.2 Å². The summed E-state index contributed by atoms with van der Waals surface area (Å²) in [6.45, 7) is 3.41. The average Bonchev–Trinajstić information content (AvgIpc) is 3.04. The SMILES string of the molecule is Cc1cc(NC(=O)[C@H](CCN)NC(=O)[C@@H]2Cc3ccccc3CN2C(=O)CCC(=O)N2CCc3ccccc3C2)ccc1Cl. The second kappa shape index (κ2) is 14.1. The van der Waals surface area contributed by atoms with E-state index < -0.39 is 23.9 Å². The zero-order valence-corrected chi connectivity index (χ0v) is 25.6. The zero-order chi connectivity index (χ0) is 31.2. The molecule has 2 heterocycles. The van der Waals surface area contributed by atoms with Crippen LogP contribution in [0.1, 0.15) is 47.1 Å². The van der Waals surface area contributed by atoms with Crippen LogP contribution in [0.25, 0.3) is 0 Å². The largest absolute Gasteiger partial charge is 0.342 e. The minimum absolute atomic E-state index is 0.00837. The van der Waals surface area contributed by atoms with Crippen LogP contribution < -0.4 is 16.4 Å². The Bertz CT molecular complexity index is 1560. The number of anilines is 1. The molecule has 0 aliphatic carbocycles. The fraction of sp³-hybridized carbons (Fsp3) is 0.353. The molecule has 44 heavy (non-hydrogen) atoms. The standard InChI is InChI=1S/C34H38ClN5O4/c1-22-18-27(10-11-28(22)35)37-33(43)29(14-16-36)38-34(44)30-19-24-7-3-5-9-26(24)21-40(30)32(42)13-12-31(41)39-17-15-23-6-2-4-8-25(23)20-39/h2-11,18,29-30H,12-17,19-21,36H2,1H3,(H,37,43)(H,38,44)/t29-,30-/m0/s1. The lowest BCUT2D eigenvalue weighted by atomic mass is 9.92. The number of halogens is 1. The van der Waals surface area contributed by atoms with Crippen LogP contribution >= 0.6 is 11.6 Å². The minimum Gasteiger partial charge on any atom is -0.342 e. The maximum atomic E-state index is 13.7. The van der Waals surface area contributed by atoms with Gasteiger partial charge in [-0.2, -0.15) is 0 Å². The van der Waals surface area contributed by atoms with Gasteiger partial charge in [0.25, 0.3) is 0 Å². The van der Waals surface area contributed by atoms with E-state index in [-0.39, 0.29) is 44.2 Å². The van der Waals surface area contributed by atoms with Crippen molar-refractivity contribution in [3.8, 4) is 0 Å². The summed E-state index contributed by atoms with van der Waals surface area (Å²) in [5.41, 5.74) is 11.5. The number of fused-ring (bicyclic) bond motifs is 2. The van der Waals surface area contributed by atoms with Crippen molar-refractivity contribution < 1.29 is 19.2 Å². The molecule has 3 aromatic carbocycles. The fourth-order valence-electron chi connectivity index (χ4n) is 5.90. The van der Waals surface area contributed by atoms with Crippen LogP contribution in [0.3, 0.4) is 0 Å². The van der Waals surface area contributed by atoms with Crippen molar-refractivity contribution in [2.45, 2.75) is 64.2 Å². The van der Waals surface area contributed by atoms with Crippen molar-refractivity contribution in [3.63, 3.8) is 0 Å². The molecule has 2 aliphatic rings. The van der Waals surface area contributed by atoms with Gasteiger partial charge < -0.3 is 26.2 Å². The molecular formula is C34H38ClN5O4. The van der Waals surface area contributed by atoms with Gasteiger partial charge in [-0.25, -0.2) is 0 Å². The molecule has 9 nitrogen and oxygen atoms in total. The van der Waals surface area contributed by atoms with Gasteiger partial charge in [-0.1, -0.05) is 60.1 Å². The molecule has 0 bridgehead atoms. The van der Waals surface area contributed by atoms with Crippen molar-refractivity contribution in [2.24, 2.45) is 5.73 Å². The molecule has 0 saturated heterocycles. The summed E-state index contributed by atoms with van der Waals surface area (Å²) in [6.07, 6.45) is 1.36. The summed E-state index contributed by atoms with van der Waals surface area (Å²) < 4.78 is 0. The lowest BCUT2D eigenvalue weighted by Gasteiger charge is -2.37. The van der Waals surface area contributed by atoms with E-state index in [4.69, 9.17) is 17.3 Å². The average molecular weight is 616 g/mol. The topological polar surface area (TPSA) is 125 Å². The van der Waals surface area contributed by atoms with Crippen LogP contribution in [-0.4, -0.2) is 58.6 Å². The van der Waals surface area contributed by atoms with Gasteiger partial charge in [0.05, 0.1) is 0 Å². The predicted octanol–water partition coefficient (Wildman–Crippen LogP) is 3.74. The summed E-state index contributed by atoms with van der Waals surface area (Å²) in [4.78, 5) is 57.0. The monoisotopic (exact) mass is 615 g/mol. The predicted molar refractivity (Wildman–Crippen MR) is 170 cm³/mol. The molecule has 3 aromatic rings. The number of amides is 4. The van der Waals surface area contributed by atoms with Crippen molar-refractivity contribution in [1.29, 1.82) is 0 Å². The van der Waals surface area contributed by atoms with Crippen molar-refractivity contribution in [3.05, 3.63) is 99.6 Å². The van der Waals surface area contributed by atoms with Crippen molar-refractivity contribution in [1.82, 2.24) is 15.1 Å². The van der Waals surface area contributed by atoms with E-state index >= 15 is 0 Å². The summed E-state index contributed by atoms with van der Waals surface area (Å²) in [7, 11) is 0. The third kappa shape index (κ3) is 7.29. The summed E-state index contributed by atoms with van der Waals surface area (Å²) in [5.74, 6) is -1.20. The summed E-state index contributed by atoms with van der Waals surface area (Å²) in [5, 5.41) is 6.27. The molecule has 2 aliphatic heterocycles. The molecule has 0 fully saturated rings. The highest BCUT2D eigenvalue weighted by Gasteiger charge is 2.36. The number of hydrogen-bond donors (Lipinski definition) is 3. The zero-order valence-electron chi connectivity index (χ0n) is 24.9. The van der Waals surface area contributed by atoms with Crippen LogP contribution in [-0.2, 0) is 45.1 Å². The van der Waals surface area contributed by atoms with Crippen molar-refractivity contribution in [2.75, 3.05) is 18.4 Å². The molecule has 230 valence electrons. The van der Waals surface area contributed by atoms with Crippen molar-refractivity contribution >= 4 is 40.9 Å². The van der Waals surface area contributed by atoms with Crippen LogP contribution in [0.2, 0.25) is 5.02 Å². The minimum atomic E-state index is -0.902. The van der Waals surface area contributed by atoms with E-state index in [1.165, 1.54) is 10.5 Å². The number of carbonyl (C=O) groups excluding carboxylic acids is 4. The molecule has 2 atom stereocenters. The Morgan fingerprint density at radius 3 is 2.27 bits per heavy atom. The summed E-state index contributed by atoms with van der Waals surface area (Å²) >= 11 is 6.12. The van der Waals surface area contributed by atoms with Crippen LogP contribution in [0.5, 0.6) is 0 Å². The molecular weight excluding hydrogens is 578 g/mol. The first-order valence-corrected chi connectivity index (χ1v) is 15.4. The van der Waals surface area contributed by atoms with Gasteiger partial charge in [-0.05, 0) is 72.3 Å². The van der Waals surface area contributed by atoms with E-state index in [0.717, 1.165) is 28.7 Å². The van der Waals surface area contributed by atoms with Gasteiger partial charge in [0.15, 0.2) is 0 Å². The fourth-order valence-corrected chi connectivity index (χ4v) is 6.02. The summed E-state index contributed by atoms with van der Waals surface area (Å²) in [6, 6.07) is 19.2. The van der Waals surface area contributed by atoms with E-state index in [1.54, 1.807) is 23.1 Å².